The molecule has 1 aromatic carbocycles. The summed E-state index contributed by atoms with van der Waals surface area (Å²) in [7, 11) is 0. The summed E-state index contributed by atoms with van der Waals surface area (Å²) in [6.45, 7) is 8.90. The maximum Gasteiger partial charge on any atom is 0.0661 e. The molecule has 0 aliphatic carbocycles. The first kappa shape index (κ1) is 16.3. The van der Waals surface area contributed by atoms with Crippen LogP contribution in [-0.2, 0) is 0 Å². The van der Waals surface area contributed by atoms with E-state index >= 15 is 0 Å². The molecule has 0 aromatic heterocycles. The fourth-order valence-electron chi connectivity index (χ4n) is 2.76. The summed E-state index contributed by atoms with van der Waals surface area (Å²) in [5, 5.41) is 14.2. The van der Waals surface area contributed by atoms with Crippen LogP contribution in [0.3, 0.4) is 0 Å². The minimum atomic E-state index is -0.254. The number of hydrogen-bond donors (Lipinski definition) is 2. The van der Waals surface area contributed by atoms with Crippen LogP contribution in [0.4, 0.5) is 5.69 Å². The fourth-order valence-corrected chi connectivity index (χ4v) is 2.88. The van der Waals surface area contributed by atoms with Gasteiger partial charge >= 0.3 is 0 Å². The van der Waals surface area contributed by atoms with E-state index in [1.165, 1.54) is 0 Å². The second-order valence-corrected chi connectivity index (χ2v) is 6.70. The predicted molar refractivity (Wildman–Crippen MR) is 83.8 cm³/mol. The maximum atomic E-state index is 9.90. The summed E-state index contributed by atoms with van der Waals surface area (Å²) in [4.78, 5) is 0. The molecule has 0 saturated heterocycles. The van der Waals surface area contributed by atoms with Gasteiger partial charge in [0.1, 0.15) is 0 Å². The lowest BCUT2D eigenvalue weighted by Gasteiger charge is -2.37. The van der Waals surface area contributed by atoms with Crippen LogP contribution in [0.25, 0.3) is 0 Å². The number of rotatable bonds is 7. The smallest absolute Gasteiger partial charge is 0.0661 e. The van der Waals surface area contributed by atoms with Gasteiger partial charge in [0.05, 0.1) is 12.1 Å². The summed E-state index contributed by atoms with van der Waals surface area (Å²) in [6, 6.07) is 7.67. The average Bonchev–Trinajstić information content (AvgIpc) is 2.30. The summed E-state index contributed by atoms with van der Waals surface area (Å²) in [6.07, 6.45) is 1.90. The Labute approximate surface area is 122 Å². The van der Waals surface area contributed by atoms with E-state index in [2.05, 4.69) is 33.0 Å². The van der Waals surface area contributed by atoms with Gasteiger partial charge in [0.15, 0.2) is 0 Å². The molecule has 0 spiro atoms. The van der Waals surface area contributed by atoms with E-state index in [1.54, 1.807) is 0 Å². The highest BCUT2D eigenvalue weighted by molar-refractivity contribution is 6.30. The molecule has 0 unspecified atom stereocenters. The molecule has 108 valence electrons. The first-order valence-electron chi connectivity index (χ1n) is 7.01. The van der Waals surface area contributed by atoms with E-state index in [4.69, 9.17) is 11.6 Å². The van der Waals surface area contributed by atoms with Crippen molar-refractivity contribution in [2.75, 3.05) is 11.9 Å². The summed E-state index contributed by atoms with van der Waals surface area (Å²) in [5.74, 6) is 1.07. The van der Waals surface area contributed by atoms with E-state index in [0.717, 1.165) is 23.6 Å². The Kier molecular flexibility index (Phi) is 6.15. The average molecular weight is 284 g/mol. The van der Waals surface area contributed by atoms with Gasteiger partial charge in [0.25, 0.3) is 0 Å². The lowest BCUT2D eigenvalue weighted by molar-refractivity contribution is 0.168. The van der Waals surface area contributed by atoms with E-state index < -0.39 is 0 Å². The molecule has 3 heteroatoms. The van der Waals surface area contributed by atoms with Gasteiger partial charge in [-0.2, -0.15) is 0 Å². The van der Waals surface area contributed by atoms with Gasteiger partial charge in [0.2, 0.25) is 0 Å². The second-order valence-electron chi connectivity index (χ2n) is 6.27. The lowest BCUT2D eigenvalue weighted by Crippen LogP contribution is -2.44. The van der Waals surface area contributed by atoms with E-state index in [-0.39, 0.29) is 12.1 Å². The number of halogens is 1. The molecule has 1 rings (SSSR count). The standard InChI is InChI=1S/C16H26ClNO/c1-12(2)9-16(11-19,10-13(3)4)18-15-7-5-14(17)6-8-15/h5-8,12-13,18-19H,9-11H2,1-4H3. The molecule has 0 aliphatic rings. The fraction of sp³-hybridized carbons (Fsp3) is 0.625. The van der Waals surface area contributed by atoms with Crippen LogP contribution in [-0.4, -0.2) is 17.3 Å². The minimum Gasteiger partial charge on any atom is -0.394 e. The highest BCUT2D eigenvalue weighted by Crippen LogP contribution is 2.29. The third-order valence-corrected chi connectivity index (χ3v) is 3.41. The molecular formula is C16H26ClNO. The van der Waals surface area contributed by atoms with E-state index in [0.29, 0.717) is 11.8 Å². The van der Waals surface area contributed by atoms with Crippen LogP contribution in [0.15, 0.2) is 24.3 Å². The monoisotopic (exact) mass is 283 g/mol. The number of anilines is 1. The van der Waals surface area contributed by atoms with E-state index in [9.17, 15) is 5.11 Å². The van der Waals surface area contributed by atoms with Crippen LogP contribution < -0.4 is 5.32 Å². The zero-order chi connectivity index (χ0) is 14.5. The quantitative estimate of drug-likeness (QED) is 0.768. The van der Waals surface area contributed by atoms with Gasteiger partial charge in [-0.3, -0.25) is 0 Å². The van der Waals surface area contributed by atoms with Crippen molar-refractivity contribution in [3.63, 3.8) is 0 Å². The van der Waals surface area contributed by atoms with Crippen molar-refractivity contribution in [1.82, 2.24) is 0 Å². The van der Waals surface area contributed by atoms with Gasteiger partial charge in [-0.15, -0.1) is 0 Å². The largest absolute Gasteiger partial charge is 0.394 e. The first-order valence-corrected chi connectivity index (χ1v) is 7.39. The SMILES string of the molecule is CC(C)CC(CO)(CC(C)C)Nc1ccc(Cl)cc1. The summed E-state index contributed by atoms with van der Waals surface area (Å²) >= 11 is 5.91. The van der Waals surface area contributed by atoms with Crippen LogP contribution in [0.2, 0.25) is 5.02 Å². The Balaban J connectivity index is 2.91. The molecule has 0 atom stereocenters. The van der Waals surface area contributed by atoms with Crippen LogP contribution in [0.5, 0.6) is 0 Å². The third-order valence-electron chi connectivity index (χ3n) is 3.15. The Hall–Kier alpha value is -0.730. The van der Waals surface area contributed by atoms with Gasteiger partial charge < -0.3 is 10.4 Å². The number of hydrogen-bond acceptors (Lipinski definition) is 2. The Morgan fingerprint density at radius 1 is 1.05 bits per heavy atom. The van der Waals surface area contributed by atoms with Crippen molar-refractivity contribution in [2.24, 2.45) is 11.8 Å². The molecule has 1 aromatic rings. The minimum absolute atomic E-state index is 0.145. The van der Waals surface area contributed by atoms with Gasteiger partial charge in [-0.1, -0.05) is 39.3 Å². The third kappa shape index (κ3) is 5.42. The van der Waals surface area contributed by atoms with Crippen molar-refractivity contribution in [2.45, 2.75) is 46.1 Å². The van der Waals surface area contributed by atoms with Gasteiger partial charge in [-0.25, -0.2) is 0 Å². The Bertz CT molecular complexity index is 363. The predicted octanol–water partition coefficient (Wildman–Crippen LogP) is 4.58. The van der Waals surface area contributed by atoms with E-state index in [1.807, 2.05) is 24.3 Å². The molecule has 0 radical (unpaired) electrons. The number of aliphatic hydroxyl groups excluding tert-OH is 1. The summed E-state index contributed by atoms with van der Waals surface area (Å²) in [5.41, 5.74) is 0.760. The molecule has 0 bridgehead atoms. The molecule has 2 N–H and O–H groups in total. The van der Waals surface area contributed by atoms with Gasteiger partial charge in [-0.05, 0) is 48.9 Å². The first-order chi connectivity index (χ1) is 8.87. The highest BCUT2D eigenvalue weighted by Gasteiger charge is 2.31. The normalized spacial score (nSPS) is 12.2. The molecule has 2 nitrogen and oxygen atoms in total. The van der Waals surface area contributed by atoms with Crippen molar-refractivity contribution in [3.8, 4) is 0 Å². The maximum absolute atomic E-state index is 9.90. The molecule has 0 saturated carbocycles. The Morgan fingerprint density at radius 2 is 1.53 bits per heavy atom. The zero-order valence-electron chi connectivity index (χ0n) is 12.4. The highest BCUT2D eigenvalue weighted by atomic mass is 35.5. The second kappa shape index (κ2) is 7.16. The van der Waals surface area contributed by atoms with Crippen LogP contribution in [0.1, 0.15) is 40.5 Å². The van der Waals surface area contributed by atoms with Crippen molar-refractivity contribution < 1.29 is 5.11 Å². The number of nitrogens with one attached hydrogen (secondary N) is 1. The molecule has 0 amide bonds. The van der Waals surface area contributed by atoms with Crippen molar-refractivity contribution >= 4 is 17.3 Å². The summed E-state index contributed by atoms with van der Waals surface area (Å²) < 4.78 is 0. The van der Waals surface area contributed by atoms with Crippen LogP contribution in [0, 0.1) is 11.8 Å². The Morgan fingerprint density at radius 3 is 1.89 bits per heavy atom. The topological polar surface area (TPSA) is 32.3 Å². The molecule has 0 fully saturated rings. The van der Waals surface area contributed by atoms with Crippen molar-refractivity contribution in [1.29, 1.82) is 0 Å². The van der Waals surface area contributed by atoms with Gasteiger partial charge in [0, 0.05) is 10.7 Å². The number of benzene rings is 1. The molecular weight excluding hydrogens is 258 g/mol. The van der Waals surface area contributed by atoms with Crippen molar-refractivity contribution in [3.05, 3.63) is 29.3 Å². The number of aliphatic hydroxyl groups is 1. The molecule has 0 aliphatic heterocycles. The van der Waals surface area contributed by atoms with Crippen LogP contribution >= 0.6 is 11.6 Å². The zero-order valence-corrected chi connectivity index (χ0v) is 13.2. The lowest BCUT2D eigenvalue weighted by atomic mass is 9.82. The molecule has 0 heterocycles. The molecule has 19 heavy (non-hydrogen) atoms.